The van der Waals surface area contributed by atoms with Crippen molar-refractivity contribution in [3.63, 3.8) is 0 Å². The van der Waals surface area contributed by atoms with Crippen molar-refractivity contribution in [3.8, 4) is 11.5 Å². The lowest BCUT2D eigenvalue weighted by atomic mass is 10.1. The van der Waals surface area contributed by atoms with Crippen LogP contribution in [0.5, 0.6) is 11.5 Å². The molecule has 0 amide bonds. The van der Waals surface area contributed by atoms with Crippen molar-refractivity contribution in [2.45, 2.75) is 17.7 Å². The van der Waals surface area contributed by atoms with Crippen LogP contribution in [0.15, 0.2) is 17.0 Å². The highest BCUT2D eigenvalue weighted by molar-refractivity contribution is 7.89. The van der Waals surface area contributed by atoms with Gasteiger partial charge in [0.05, 0.1) is 19.9 Å². The third-order valence-corrected chi connectivity index (χ3v) is 5.16. The Kier molecular flexibility index (Phi) is 4.31. The standard InChI is InChI=1S/C13H20N2O5S/c1-19-10-6-11(20-2)12(5-9(10)14)21(17,18)15-7-13(8-16)3-4-13/h5-6,15-16H,3-4,7-8,14H2,1-2H3. The highest BCUT2D eigenvalue weighted by Crippen LogP contribution is 2.44. The number of nitrogen functional groups attached to an aromatic ring is 1. The minimum Gasteiger partial charge on any atom is -0.495 e. The third-order valence-electron chi connectivity index (χ3n) is 3.74. The van der Waals surface area contributed by atoms with Crippen LogP contribution in [0.25, 0.3) is 0 Å². The van der Waals surface area contributed by atoms with Gasteiger partial charge in [-0.1, -0.05) is 0 Å². The van der Waals surface area contributed by atoms with Crippen molar-refractivity contribution in [1.82, 2.24) is 4.72 Å². The molecule has 118 valence electrons. The molecule has 0 saturated heterocycles. The molecule has 1 aliphatic rings. The molecule has 0 spiro atoms. The van der Waals surface area contributed by atoms with Gasteiger partial charge in [-0.25, -0.2) is 13.1 Å². The maximum absolute atomic E-state index is 12.4. The molecule has 21 heavy (non-hydrogen) atoms. The molecule has 4 N–H and O–H groups in total. The van der Waals surface area contributed by atoms with E-state index in [1.165, 1.54) is 26.4 Å². The van der Waals surface area contributed by atoms with Crippen molar-refractivity contribution in [3.05, 3.63) is 12.1 Å². The zero-order valence-corrected chi connectivity index (χ0v) is 12.9. The van der Waals surface area contributed by atoms with Crippen LogP contribution in [0, 0.1) is 5.41 Å². The summed E-state index contributed by atoms with van der Waals surface area (Å²) < 4.78 is 37.4. The number of sulfonamides is 1. The van der Waals surface area contributed by atoms with E-state index in [1.54, 1.807) is 0 Å². The molecule has 1 fully saturated rings. The maximum atomic E-state index is 12.4. The van der Waals surface area contributed by atoms with Gasteiger partial charge < -0.3 is 20.3 Å². The van der Waals surface area contributed by atoms with Crippen molar-refractivity contribution < 1.29 is 23.0 Å². The van der Waals surface area contributed by atoms with Crippen LogP contribution in [0.4, 0.5) is 5.69 Å². The largest absolute Gasteiger partial charge is 0.495 e. The van der Waals surface area contributed by atoms with E-state index in [9.17, 15) is 13.5 Å². The average molecular weight is 316 g/mol. The molecular formula is C13H20N2O5S. The van der Waals surface area contributed by atoms with Gasteiger partial charge in [0.15, 0.2) is 0 Å². The molecule has 8 heteroatoms. The molecule has 2 rings (SSSR count). The molecule has 0 radical (unpaired) electrons. The lowest BCUT2D eigenvalue weighted by Crippen LogP contribution is -2.32. The van der Waals surface area contributed by atoms with Crippen LogP contribution in [-0.4, -0.2) is 40.9 Å². The molecular weight excluding hydrogens is 296 g/mol. The molecule has 7 nitrogen and oxygen atoms in total. The number of ether oxygens (including phenoxy) is 2. The molecule has 0 aromatic heterocycles. The second-order valence-electron chi connectivity index (χ2n) is 5.23. The maximum Gasteiger partial charge on any atom is 0.244 e. The fourth-order valence-electron chi connectivity index (χ4n) is 2.00. The summed E-state index contributed by atoms with van der Waals surface area (Å²) in [7, 11) is -0.960. The summed E-state index contributed by atoms with van der Waals surface area (Å²) in [5.74, 6) is 0.502. The Morgan fingerprint density at radius 2 is 1.90 bits per heavy atom. The zero-order chi connectivity index (χ0) is 15.7. The van der Waals surface area contributed by atoms with Crippen LogP contribution in [0.2, 0.25) is 0 Å². The van der Waals surface area contributed by atoms with Gasteiger partial charge >= 0.3 is 0 Å². The van der Waals surface area contributed by atoms with Crippen molar-refractivity contribution in [2.24, 2.45) is 5.41 Å². The minimum atomic E-state index is -3.78. The van der Waals surface area contributed by atoms with E-state index in [1.807, 2.05) is 0 Å². The lowest BCUT2D eigenvalue weighted by molar-refractivity contribution is 0.213. The Labute approximate surface area is 124 Å². The number of aliphatic hydroxyl groups is 1. The Balaban J connectivity index is 2.28. The molecule has 0 unspecified atom stereocenters. The number of methoxy groups -OCH3 is 2. The number of hydrogen-bond acceptors (Lipinski definition) is 6. The van der Waals surface area contributed by atoms with E-state index in [4.69, 9.17) is 15.2 Å². The summed E-state index contributed by atoms with van der Waals surface area (Å²) >= 11 is 0. The van der Waals surface area contributed by atoms with E-state index < -0.39 is 10.0 Å². The van der Waals surface area contributed by atoms with Gasteiger partial charge in [-0.15, -0.1) is 0 Å². The molecule has 0 atom stereocenters. The van der Waals surface area contributed by atoms with Crippen LogP contribution in [0.1, 0.15) is 12.8 Å². The SMILES string of the molecule is COc1cc(OC)c(S(=O)(=O)NCC2(CO)CC2)cc1N. The smallest absolute Gasteiger partial charge is 0.244 e. The molecule has 1 aromatic carbocycles. The van der Waals surface area contributed by atoms with E-state index >= 15 is 0 Å². The monoisotopic (exact) mass is 316 g/mol. The average Bonchev–Trinajstić information content (AvgIpc) is 3.25. The fourth-order valence-corrected chi connectivity index (χ4v) is 3.34. The van der Waals surface area contributed by atoms with Crippen molar-refractivity contribution in [1.29, 1.82) is 0 Å². The Hall–Kier alpha value is -1.51. The predicted molar refractivity (Wildman–Crippen MR) is 77.9 cm³/mol. The molecule has 0 bridgehead atoms. The normalized spacial score (nSPS) is 16.5. The number of benzene rings is 1. The molecule has 0 aliphatic heterocycles. The molecule has 0 heterocycles. The number of hydrogen-bond donors (Lipinski definition) is 3. The first-order valence-electron chi connectivity index (χ1n) is 6.49. The minimum absolute atomic E-state index is 0.0304. The fraction of sp³-hybridized carbons (Fsp3) is 0.538. The number of nitrogens with one attached hydrogen (secondary N) is 1. The molecule has 1 aliphatic carbocycles. The molecule has 1 aromatic rings. The van der Waals surface area contributed by atoms with Crippen LogP contribution < -0.4 is 19.9 Å². The van der Waals surface area contributed by atoms with Gasteiger partial charge in [0.2, 0.25) is 10.0 Å². The number of nitrogens with two attached hydrogens (primary N) is 1. The highest BCUT2D eigenvalue weighted by atomic mass is 32.2. The summed E-state index contributed by atoms with van der Waals surface area (Å²) in [5.41, 5.74) is 5.65. The zero-order valence-electron chi connectivity index (χ0n) is 12.0. The number of aliphatic hydroxyl groups excluding tert-OH is 1. The van der Waals surface area contributed by atoms with Crippen molar-refractivity contribution >= 4 is 15.7 Å². The van der Waals surface area contributed by atoms with Crippen LogP contribution in [-0.2, 0) is 10.0 Å². The van der Waals surface area contributed by atoms with E-state index in [0.29, 0.717) is 5.75 Å². The van der Waals surface area contributed by atoms with Gasteiger partial charge in [-0.3, -0.25) is 0 Å². The summed E-state index contributed by atoms with van der Waals surface area (Å²) in [6.45, 7) is 0.165. The second kappa shape index (κ2) is 5.70. The predicted octanol–water partition coefficient (Wildman–Crippen LogP) is 0.337. The third kappa shape index (κ3) is 3.22. The second-order valence-corrected chi connectivity index (χ2v) is 6.96. The van der Waals surface area contributed by atoms with Gasteiger partial charge in [0.25, 0.3) is 0 Å². The van der Waals surface area contributed by atoms with E-state index in [-0.39, 0.29) is 34.9 Å². The van der Waals surface area contributed by atoms with E-state index in [0.717, 1.165) is 12.8 Å². The Morgan fingerprint density at radius 1 is 1.29 bits per heavy atom. The topological polar surface area (TPSA) is 111 Å². The van der Waals surface area contributed by atoms with Gasteiger partial charge in [0, 0.05) is 24.6 Å². The van der Waals surface area contributed by atoms with Crippen LogP contribution in [0.3, 0.4) is 0 Å². The van der Waals surface area contributed by atoms with Gasteiger partial charge in [-0.05, 0) is 18.9 Å². The summed E-state index contributed by atoms with van der Waals surface area (Å²) in [5, 5.41) is 9.24. The summed E-state index contributed by atoms with van der Waals surface area (Å²) in [6, 6.07) is 2.74. The van der Waals surface area contributed by atoms with Crippen molar-refractivity contribution in [2.75, 3.05) is 33.1 Å². The number of rotatable bonds is 7. The summed E-state index contributed by atoms with van der Waals surface area (Å²) in [4.78, 5) is -0.0444. The highest BCUT2D eigenvalue weighted by Gasteiger charge is 2.42. The Morgan fingerprint density at radius 3 is 2.38 bits per heavy atom. The van der Waals surface area contributed by atoms with Gasteiger partial charge in [0.1, 0.15) is 16.4 Å². The quantitative estimate of drug-likeness (QED) is 0.625. The first-order chi connectivity index (χ1) is 9.87. The van der Waals surface area contributed by atoms with Gasteiger partial charge in [-0.2, -0.15) is 0 Å². The lowest BCUT2D eigenvalue weighted by Gasteiger charge is -2.16. The van der Waals surface area contributed by atoms with Crippen LogP contribution >= 0.6 is 0 Å². The summed E-state index contributed by atoms with van der Waals surface area (Å²) in [6.07, 6.45) is 1.63. The van der Waals surface area contributed by atoms with E-state index in [2.05, 4.69) is 4.72 Å². The first kappa shape index (κ1) is 15.9. The Bertz CT molecular complexity index is 626. The number of anilines is 1. The molecule has 1 saturated carbocycles. The first-order valence-corrected chi connectivity index (χ1v) is 7.98.